The van der Waals surface area contributed by atoms with E-state index in [9.17, 15) is 14.0 Å². The highest BCUT2D eigenvalue weighted by atomic mass is 31.2. The van der Waals surface area contributed by atoms with Crippen molar-refractivity contribution in [3.8, 4) is 0 Å². The Morgan fingerprint density at radius 1 is 1.42 bits per heavy atom. The number of hydrogen-bond donors (Lipinski definition) is 4. The zero-order valence-corrected chi connectivity index (χ0v) is 12.2. The average Bonchev–Trinajstić information content (AvgIpc) is 2.27. The van der Waals surface area contributed by atoms with Crippen LogP contribution in [0.5, 0.6) is 0 Å². The molecule has 8 nitrogen and oxygen atoms in total. The van der Waals surface area contributed by atoms with Gasteiger partial charge in [-0.2, -0.15) is 0 Å². The van der Waals surface area contributed by atoms with Gasteiger partial charge >= 0.3 is 15.2 Å². The second kappa shape index (κ2) is 6.13. The van der Waals surface area contributed by atoms with E-state index >= 15 is 0 Å². The summed E-state index contributed by atoms with van der Waals surface area (Å²) >= 11 is 0. The summed E-state index contributed by atoms with van der Waals surface area (Å²) in [6.07, 6.45) is 1.51. The minimum Gasteiger partial charge on any atom is -0.368 e. The molecule has 10 heteroatoms. The van der Waals surface area contributed by atoms with E-state index in [1.54, 1.807) is 12.1 Å². The third kappa shape index (κ3) is 4.69. The normalized spacial score (nSPS) is 16.7. The van der Waals surface area contributed by atoms with Crippen LogP contribution in [0.15, 0.2) is 18.3 Å². The van der Waals surface area contributed by atoms with Gasteiger partial charge in [0.15, 0.2) is 5.40 Å². The lowest BCUT2D eigenvalue weighted by Crippen LogP contribution is -2.21. The van der Waals surface area contributed by atoms with Gasteiger partial charge < -0.3 is 24.5 Å². The Hall–Kier alpha value is -0.750. The number of aromatic nitrogens is 1. The van der Waals surface area contributed by atoms with E-state index in [2.05, 4.69) is 14.8 Å². The van der Waals surface area contributed by atoms with Crippen LogP contribution in [0.3, 0.4) is 0 Å². The SMILES string of the molecule is COP(=O)(O)C(CNc1cc(C)ccn1)P(=O)(O)O. The van der Waals surface area contributed by atoms with Crippen LogP contribution in [0.2, 0.25) is 0 Å². The predicted octanol–water partition coefficient (Wildman–Crippen LogP) is 1.14. The molecule has 1 heterocycles. The molecule has 108 valence electrons. The van der Waals surface area contributed by atoms with Gasteiger partial charge in [0, 0.05) is 19.9 Å². The number of pyridine rings is 1. The first-order valence-electron chi connectivity index (χ1n) is 5.27. The number of anilines is 1. The molecule has 0 spiro atoms. The second-order valence-electron chi connectivity index (χ2n) is 3.92. The van der Waals surface area contributed by atoms with E-state index in [0.717, 1.165) is 12.7 Å². The van der Waals surface area contributed by atoms with Gasteiger partial charge in [-0.05, 0) is 24.6 Å². The maximum Gasteiger partial charge on any atom is 0.344 e. The van der Waals surface area contributed by atoms with Crippen molar-refractivity contribution in [1.82, 2.24) is 4.98 Å². The third-order valence-electron chi connectivity index (χ3n) is 2.41. The lowest BCUT2D eigenvalue weighted by Gasteiger charge is -2.22. The third-order valence-corrected chi connectivity index (χ3v) is 6.60. The van der Waals surface area contributed by atoms with Crippen molar-refractivity contribution in [3.63, 3.8) is 0 Å². The van der Waals surface area contributed by atoms with Gasteiger partial charge in [-0.3, -0.25) is 9.13 Å². The largest absolute Gasteiger partial charge is 0.368 e. The first-order valence-corrected chi connectivity index (χ1v) is 8.59. The Morgan fingerprint density at radius 3 is 2.53 bits per heavy atom. The van der Waals surface area contributed by atoms with Crippen LogP contribution in [0.4, 0.5) is 5.82 Å². The zero-order valence-electron chi connectivity index (χ0n) is 10.4. The molecule has 0 aliphatic rings. The molecule has 0 aliphatic heterocycles. The number of aryl methyl sites for hydroxylation is 1. The Bertz CT molecular complexity index is 531. The van der Waals surface area contributed by atoms with E-state index in [1.807, 2.05) is 6.92 Å². The maximum atomic E-state index is 11.6. The van der Waals surface area contributed by atoms with Gasteiger partial charge in [0.2, 0.25) is 0 Å². The summed E-state index contributed by atoms with van der Waals surface area (Å²) in [5, 5.41) is 0.777. The molecule has 0 aromatic carbocycles. The zero-order chi connectivity index (χ0) is 14.7. The number of rotatable bonds is 6. The number of nitrogens with zero attached hydrogens (tertiary/aromatic N) is 1. The lowest BCUT2D eigenvalue weighted by atomic mass is 10.3. The molecule has 0 radical (unpaired) electrons. The highest BCUT2D eigenvalue weighted by Crippen LogP contribution is 2.62. The molecule has 19 heavy (non-hydrogen) atoms. The van der Waals surface area contributed by atoms with E-state index in [0.29, 0.717) is 5.82 Å². The van der Waals surface area contributed by atoms with Crippen molar-refractivity contribution in [2.24, 2.45) is 0 Å². The molecule has 1 rings (SSSR count). The predicted molar refractivity (Wildman–Crippen MR) is 70.1 cm³/mol. The number of nitrogens with one attached hydrogen (secondary N) is 1. The molecule has 2 atom stereocenters. The van der Waals surface area contributed by atoms with Crippen molar-refractivity contribution in [3.05, 3.63) is 23.9 Å². The van der Waals surface area contributed by atoms with E-state index in [-0.39, 0.29) is 0 Å². The van der Waals surface area contributed by atoms with Crippen LogP contribution in [-0.2, 0) is 13.7 Å². The Kier molecular flexibility index (Phi) is 5.26. The fourth-order valence-corrected chi connectivity index (χ4v) is 4.07. The summed E-state index contributed by atoms with van der Waals surface area (Å²) in [5.74, 6) is 0.356. The topological polar surface area (TPSA) is 129 Å². The molecule has 0 saturated heterocycles. The number of hydrogen-bond acceptors (Lipinski definition) is 5. The molecule has 0 aliphatic carbocycles. The molecule has 1 aromatic rings. The van der Waals surface area contributed by atoms with Crippen LogP contribution in [0, 0.1) is 6.92 Å². The highest BCUT2D eigenvalue weighted by molar-refractivity contribution is 7.71. The molecule has 0 saturated carbocycles. The minimum absolute atomic E-state index is 0.356. The van der Waals surface area contributed by atoms with E-state index in [1.165, 1.54) is 6.20 Å². The summed E-state index contributed by atoms with van der Waals surface area (Å²) in [6.45, 7) is 1.39. The second-order valence-corrected chi connectivity index (χ2v) is 8.24. The van der Waals surface area contributed by atoms with Gasteiger partial charge in [0.25, 0.3) is 0 Å². The van der Waals surface area contributed by atoms with E-state index in [4.69, 9.17) is 9.79 Å². The molecule has 2 unspecified atom stereocenters. The first-order chi connectivity index (χ1) is 8.66. The van der Waals surface area contributed by atoms with Crippen LogP contribution in [-0.4, -0.2) is 38.7 Å². The average molecular weight is 310 g/mol. The Morgan fingerprint density at radius 2 is 2.05 bits per heavy atom. The summed E-state index contributed by atoms with van der Waals surface area (Å²) in [5.41, 5.74) is 0.893. The monoisotopic (exact) mass is 310 g/mol. The molecule has 0 amide bonds. The van der Waals surface area contributed by atoms with Crippen molar-refractivity contribution < 1.29 is 28.3 Å². The standard InChI is InChI=1S/C9H16N2O6P2/c1-7-3-4-10-8(5-7)11-6-9(18(12,13)14)19(15,16)17-2/h3-5,9H,6H2,1-2H3,(H,10,11)(H,15,16)(H2,12,13,14). The Balaban J connectivity index is 2.86. The fraction of sp³-hybridized carbons (Fsp3) is 0.444. The summed E-state index contributed by atoms with van der Waals surface area (Å²) in [7, 11) is -8.27. The van der Waals surface area contributed by atoms with E-state index < -0.39 is 27.1 Å². The van der Waals surface area contributed by atoms with Crippen LogP contribution in [0.25, 0.3) is 0 Å². The van der Waals surface area contributed by atoms with Crippen molar-refractivity contribution in [1.29, 1.82) is 0 Å². The molecule has 4 N–H and O–H groups in total. The molecular weight excluding hydrogens is 294 g/mol. The van der Waals surface area contributed by atoms with Crippen molar-refractivity contribution in [2.45, 2.75) is 12.3 Å². The van der Waals surface area contributed by atoms with Crippen LogP contribution < -0.4 is 5.32 Å². The Labute approximate surface area is 110 Å². The highest BCUT2D eigenvalue weighted by Gasteiger charge is 2.44. The molecule has 1 aromatic heterocycles. The smallest absolute Gasteiger partial charge is 0.344 e. The minimum atomic E-state index is -4.79. The van der Waals surface area contributed by atoms with Crippen molar-refractivity contribution in [2.75, 3.05) is 19.0 Å². The van der Waals surface area contributed by atoms with Gasteiger partial charge in [0.1, 0.15) is 5.82 Å². The molecule has 0 bridgehead atoms. The molecular formula is C9H16N2O6P2. The van der Waals surface area contributed by atoms with Crippen LogP contribution in [0.1, 0.15) is 5.56 Å². The van der Waals surface area contributed by atoms with Gasteiger partial charge in [0.05, 0.1) is 0 Å². The summed E-state index contributed by atoms with van der Waals surface area (Å²) in [4.78, 5) is 31.6. The van der Waals surface area contributed by atoms with Crippen LogP contribution >= 0.6 is 15.2 Å². The van der Waals surface area contributed by atoms with Gasteiger partial charge in [-0.25, -0.2) is 4.98 Å². The van der Waals surface area contributed by atoms with Gasteiger partial charge in [-0.1, -0.05) is 0 Å². The molecule has 0 fully saturated rings. The first kappa shape index (κ1) is 16.3. The quantitative estimate of drug-likeness (QED) is 0.576. The lowest BCUT2D eigenvalue weighted by molar-refractivity contribution is 0.302. The summed E-state index contributed by atoms with van der Waals surface area (Å²) in [6, 6.07) is 3.39. The summed E-state index contributed by atoms with van der Waals surface area (Å²) < 4.78 is 27.1. The van der Waals surface area contributed by atoms with Gasteiger partial charge in [-0.15, -0.1) is 0 Å². The maximum absolute atomic E-state index is 11.6. The van der Waals surface area contributed by atoms with Crippen molar-refractivity contribution >= 4 is 21.0 Å². The fourth-order valence-electron chi connectivity index (χ4n) is 1.37.